The molecule has 0 aliphatic heterocycles. The Bertz CT molecular complexity index is 415. The van der Waals surface area contributed by atoms with E-state index in [1.165, 1.54) is 12.1 Å². The molecule has 20 heavy (non-hydrogen) atoms. The highest BCUT2D eigenvalue weighted by Crippen LogP contribution is 2.25. The Morgan fingerprint density at radius 1 is 1.25 bits per heavy atom. The summed E-state index contributed by atoms with van der Waals surface area (Å²) >= 11 is 1.84. The van der Waals surface area contributed by atoms with Gasteiger partial charge in [0.25, 0.3) is 0 Å². The van der Waals surface area contributed by atoms with Gasteiger partial charge < -0.3 is 5.32 Å². The second-order valence-corrected chi connectivity index (χ2v) is 7.86. The monoisotopic (exact) mass is 301 g/mol. The van der Waals surface area contributed by atoms with Crippen LogP contribution in [-0.4, -0.2) is 23.1 Å². The molecule has 0 spiro atoms. The molecule has 4 heteroatoms. The van der Waals surface area contributed by atoms with Gasteiger partial charge >= 0.3 is 0 Å². The minimum Gasteiger partial charge on any atom is -0.313 e. The first-order valence-corrected chi connectivity index (χ1v) is 8.11. The largest absolute Gasteiger partial charge is 0.313 e. The number of hydrogen-bond acceptors (Lipinski definition) is 2. The van der Waals surface area contributed by atoms with Gasteiger partial charge in [-0.3, -0.25) is 0 Å². The van der Waals surface area contributed by atoms with Crippen LogP contribution >= 0.6 is 11.8 Å². The van der Waals surface area contributed by atoms with Gasteiger partial charge in [0.1, 0.15) is 11.6 Å². The molecule has 0 saturated carbocycles. The second kappa shape index (κ2) is 7.99. The van der Waals surface area contributed by atoms with Gasteiger partial charge in [-0.05, 0) is 43.1 Å². The summed E-state index contributed by atoms with van der Waals surface area (Å²) in [5.41, 5.74) is 0.452. The molecule has 1 aromatic carbocycles. The molecule has 1 unspecified atom stereocenters. The van der Waals surface area contributed by atoms with E-state index in [1.54, 1.807) is 0 Å². The molecule has 0 aliphatic rings. The van der Waals surface area contributed by atoms with Crippen molar-refractivity contribution in [2.75, 3.05) is 12.3 Å². The van der Waals surface area contributed by atoms with E-state index in [0.29, 0.717) is 12.0 Å². The van der Waals surface area contributed by atoms with Gasteiger partial charge in [-0.25, -0.2) is 8.78 Å². The maximum absolute atomic E-state index is 13.7. The van der Waals surface area contributed by atoms with E-state index in [2.05, 4.69) is 33.0 Å². The van der Waals surface area contributed by atoms with Gasteiger partial charge in [0, 0.05) is 16.5 Å². The molecule has 0 bridgehead atoms. The average Bonchev–Trinajstić information content (AvgIpc) is 2.36. The summed E-state index contributed by atoms with van der Waals surface area (Å²) in [7, 11) is 0. The Kier molecular flexibility index (Phi) is 6.96. The third kappa shape index (κ3) is 6.71. The fraction of sp³-hybridized carbons (Fsp3) is 0.625. The predicted octanol–water partition coefficient (Wildman–Crippen LogP) is 4.41. The summed E-state index contributed by atoms with van der Waals surface area (Å²) in [5, 5.41) is 3.43. The summed E-state index contributed by atoms with van der Waals surface area (Å²) in [5.74, 6) is 0.189. The maximum Gasteiger partial charge on any atom is 0.126 e. The normalized spacial score (nSPS) is 13.5. The average molecular weight is 301 g/mol. The highest BCUT2D eigenvalue weighted by atomic mass is 32.2. The molecule has 0 fully saturated rings. The van der Waals surface area contributed by atoms with Crippen molar-refractivity contribution >= 4 is 11.8 Å². The third-order valence-electron chi connectivity index (χ3n) is 2.87. The smallest absolute Gasteiger partial charge is 0.126 e. The molecule has 1 nitrogen and oxygen atoms in total. The number of nitrogens with one attached hydrogen (secondary N) is 1. The lowest BCUT2D eigenvalue weighted by atomic mass is 10.1. The molecule has 0 radical (unpaired) electrons. The van der Waals surface area contributed by atoms with Crippen molar-refractivity contribution in [3.05, 3.63) is 35.4 Å². The van der Waals surface area contributed by atoms with Crippen LogP contribution in [0.5, 0.6) is 0 Å². The Labute approximate surface area is 125 Å². The van der Waals surface area contributed by atoms with E-state index >= 15 is 0 Å². The Morgan fingerprint density at radius 3 is 2.55 bits per heavy atom. The molecule has 1 aromatic rings. The van der Waals surface area contributed by atoms with Gasteiger partial charge in [-0.1, -0.05) is 27.7 Å². The van der Waals surface area contributed by atoms with Crippen LogP contribution in [-0.2, 0) is 6.42 Å². The van der Waals surface area contributed by atoms with E-state index in [9.17, 15) is 8.78 Å². The fourth-order valence-electron chi connectivity index (χ4n) is 1.85. The lowest BCUT2D eigenvalue weighted by Crippen LogP contribution is -2.35. The SMILES string of the molecule is CCCNC(CSC(C)(C)C)Cc1cc(F)ccc1F. The molecule has 1 rings (SSSR count). The zero-order chi connectivity index (χ0) is 15.2. The van der Waals surface area contributed by atoms with Crippen LogP contribution in [0, 0.1) is 11.6 Å². The first-order valence-electron chi connectivity index (χ1n) is 7.13. The van der Waals surface area contributed by atoms with E-state index in [0.717, 1.165) is 24.8 Å². The highest BCUT2D eigenvalue weighted by molar-refractivity contribution is 8.00. The van der Waals surface area contributed by atoms with Crippen LogP contribution < -0.4 is 5.32 Å². The van der Waals surface area contributed by atoms with Crippen LogP contribution in [0.2, 0.25) is 0 Å². The Hall–Kier alpha value is -0.610. The van der Waals surface area contributed by atoms with E-state index in [4.69, 9.17) is 0 Å². The van der Waals surface area contributed by atoms with Gasteiger partial charge in [0.2, 0.25) is 0 Å². The van der Waals surface area contributed by atoms with Gasteiger partial charge in [-0.2, -0.15) is 11.8 Å². The first kappa shape index (κ1) is 17.4. The Morgan fingerprint density at radius 2 is 1.95 bits per heavy atom. The Balaban J connectivity index is 2.70. The van der Waals surface area contributed by atoms with Crippen molar-refractivity contribution in [1.29, 1.82) is 0 Å². The maximum atomic E-state index is 13.7. The molecule has 0 amide bonds. The molecule has 0 saturated heterocycles. The van der Waals surface area contributed by atoms with Gasteiger partial charge in [0.15, 0.2) is 0 Å². The molecular weight excluding hydrogens is 276 g/mol. The molecule has 1 atom stereocenters. The van der Waals surface area contributed by atoms with Crippen molar-refractivity contribution in [2.45, 2.75) is 51.3 Å². The minimum atomic E-state index is -0.376. The van der Waals surface area contributed by atoms with Crippen molar-refractivity contribution in [3.63, 3.8) is 0 Å². The third-order valence-corrected chi connectivity index (χ3v) is 4.31. The highest BCUT2D eigenvalue weighted by Gasteiger charge is 2.17. The molecule has 1 N–H and O–H groups in total. The lowest BCUT2D eigenvalue weighted by molar-refractivity contribution is 0.524. The van der Waals surface area contributed by atoms with Crippen LogP contribution in [0.3, 0.4) is 0 Å². The van der Waals surface area contributed by atoms with Crippen LogP contribution in [0.25, 0.3) is 0 Å². The minimum absolute atomic E-state index is 0.162. The van der Waals surface area contributed by atoms with Crippen molar-refractivity contribution < 1.29 is 8.78 Å². The fourth-order valence-corrected chi connectivity index (χ4v) is 2.79. The van der Waals surface area contributed by atoms with E-state index in [-0.39, 0.29) is 22.4 Å². The standard InChI is InChI=1S/C16H25F2NS/c1-5-8-19-14(11-20-16(2,3)4)10-12-9-13(17)6-7-15(12)18/h6-7,9,14,19H,5,8,10-11H2,1-4H3. The topological polar surface area (TPSA) is 12.0 Å². The number of thioether (sulfide) groups is 1. The number of rotatable bonds is 7. The predicted molar refractivity (Wildman–Crippen MR) is 84.4 cm³/mol. The number of benzene rings is 1. The summed E-state index contributed by atoms with van der Waals surface area (Å²) < 4.78 is 27.1. The quantitative estimate of drug-likeness (QED) is 0.801. The molecule has 0 aromatic heterocycles. The summed E-state index contributed by atoms with van der Waals surface area (Å²) in [4.78, 5) is 0. The number of halogens is 2. The summed E-state index contributed by atoms with van der Waals surface area (Å²) in [6, 6.07) is 3.84. The van der Waals surface area contributed by atoms with E-state index < -0.39 is 0 Å². The van der Waals surface area contributed by atoms with Crippen molar-refractivity contribution in [2.24, 2.45) is 0 Å². The zero-order valence-electron chi connectivity index (χ0n) is 12.8. The van der Waals surface area contributed by atoms with Crippen molar-refractivity contribution in [1.82, 2.24) is 5.32 Å². The zero-order valence-corrected chi connectivity index (χ0v) is 13.6. The van der Waals surface area contributed by atoms with Crippen molar-refractivity contribution in [3.8, 4) is 0 Å². The van der Waals surface area contributed by atoms with E-state index in [1.807, 2.05) is 11.8 Å². The van der Waals surface area contributed by atoms with Crippen LogP contribution in [0.1, 0.15) is 39.7 Å². The first-order chi connectivity index (χ1) is 9.31. The second-order valence-electron chi connectivity index (χ2n) is 6.01. The van der Waals surface area contributed by atoms with Crippen LogP contribution in [0.4, 0.5) is 8.78 Å². The summed E-state index contributed by atoms with van der Waals surface area (Å²) in [6.45, 7) is 9.49. The number of hydrogen-bond donors (Lipinski definition) is 1. The lowest BCUT2D eigenvalue weighted by Gasteiger charge is -2.24. The molecule has 114 valence electrons. The molecule has 0 heterocycles. The molecular formula is C16H25F2NS. The van der Waals surface area contributed by atoms with Crippen LogP contribution in [0.15, 0.2) is 18.2 Å². The summed E-state index contributed by atoms with van der Waals surface area (Å²) in [6.07, 6.45) is 1.55. The van der Waals surface area contributed by atoms with Gasteiger partial charge in [0.05, 0.1) is 0 Å². The molecule has 0 aliphatic carbocycles. The van der Waals surface area contributed by atoms with Gasteiger partial charge in [-0.15, -0.1) is 0 Å².